The molecule has 0 radical (unpaired) electrons. The smallest absolute Gasteiger partial charge is 0.240 e. The molecule has 1 aromatic carbocycles. The van der Waals surface area contributed by atoms with Crippen molar-refractivity contribution in [3.05, 3.63) is 48.3 Å². The number of H-pyrrole nitrogens is 1. The summed E-state index contributed by atoms with van der Waals surface area (Å²) in [6, 6.07) is 9.14. The molecule has 1 aliphatic rings. The second-order valence-electron chi connectivity index (χ2n) is 7.18. The van der Waals surface area contributed by atoms with Crippen molar-refractivity contribution in [2.75, 3.05) is 33.3 Å². The molecule has 1 fully saturated rings. The van der Waals surface area contributed by atoms with Gasteiger partial charge in [0.25, 0.3) is 0 Å². The lowest BCUT2D eigenvalue weighted by Gasteiger charge is -2.30. The van der Waals surface area contributed by atoms with Crippen molar-refractivity contribution in [3.63, 3.8) is 0 Å². The Morgan fingerprint density at radius 2 is 2.14 bits per heavy atom. The number of hydrogen-bond donors (Lipinski definition) is 2. The third-order valence-electron chi connectivity index (χ3n) is 5.10. The Bertz CT molecular complexity index is 1090. The van der Waals surface area contributed by atoms with E-state index in [4.69, 9.17) is 4.74 Å². The number of aromatic nitrogens is 2. The van der Waals surface area contributed by atoms with Crippen LogP contribution in [0.3, 0.4) is 0 Å². The molecule has 1 saturated heterocycles. The Balaban J connectivity index is 1.56. The number of hydrogen-bond acceptors (Lipinski definition) is 5. The van der Waals surface area contributed by atoms with Crippen LogP contribution in [0.2, 0.25) is 0 Å². The molecule has 1 unspecified atom stereocenters. The molecular weight excluding hydrogens is 376 g/mol. The van der Waals surface area contributed by atoms with E-state index in [1.54, 1.807) is 18.3 Å². The van der Waals surface area contributed by atoms with E-state index in [0.29, 0.717) is 6.61 Å². The maximum absolute atomic E-state index is 12.7. The predicted octanol–water partition coefficient (Wildman–Crippen LogP) is 2.15. The third-order valence-corrected chi connectivity index (χ3v) is 6.52. The molecule has 3 aromatic rings. The first-order valence-electron chi connectivity index (χ1n) is 9.27. The minimum atomic E-state index is -3.60. The summed E-state index contributed by atoms with van der Waals surface area (Å²) in [6.45, 7) is 4.40. The summed E-state index contributed by atoms with van der Waals surface area (Å²) in [6.07, 6.45) is 3.47. The van der Waals surface area contributed by atoms with E-state index < -0.39 is 10.0 Å². The van der Waals surface area contributed by atoms with Gasteiger partial charge in [-0.2, -0.15) is 0 Å². The second-order valence-corrected chi connectivity index (χ2v) is 8.95. The Kier molecular flexibility index (Phi) is 5.20. The highest BCUT2D eigenvalue weighted by molar-refractivity contribution is 7.89. The van der Waals surface area contributed by atoms with Crippen LogP contribution in [0.1, 0.15) is 5.56 Å². The summed E-state index contributed by atoms with van der Waals surface area (Å²) in [5.41, 5.74) is 3.72. The van der Waals surface area contributed by atoms with Gasteiger partial charge >= 0.3 is 0 Å². The van der Waals surface area contributed by atoms with Gasteiger partial charge in [-0.1, -0.05) is 6.07 Å². The molecular formula is C20H24N4O3S. The van der Waals surface area contributed by atoms with Crippen LogP contribution in [0.5, 0.6) is 0 Å². The van der Waals surface area contributed by atoms with Crippen LogP contribution in [-0.4, -0.2) is 62.7 Å². The van der Waals surface area contributed by atoms with Gasteiger partial charge in [-0.05, 0) is 54.9 Å². The van der Waals surface area contributed by atoms with Crippen molar-refractivity contribution in [1.82, 2.24) is 19.6 Å². The van der Waals surface area contributed by atoms with E-state index in [9.17, 15) is 8.42 Å². The van der Waals surface area contributed by atoms with E-state index in [-0.39, 0.29) is 17.5 Å². The second kappa shape index (κ2) is 7.63. The van der Waals surface area contributed by atoms with E-state index in [1.165, 1.54) is 0 Å². The fourth-order valence-corrected chi connectivity index (χ4v) is 4.73. The van der Waals surface area contributed by atoms with Gasteiger partial charge in [0, 0.05) is 37.4 Å². The molecule has 4 rings (SSSR count). The molecule has 0 spiro atoms. The molecule has 1 aliphatic heterocycles. The zero-order valence-electron chi connectivity index (χ0n) is 16.0. The molecule has 2 aromatic heterocycles. The van der Waals surface area contributed by atoms with E-state index in [1.807, 2.05) is 38.4 Å². The average Bonchev–Trinajstić information content (AvgIpc) is 3.15. The molecule has 7 nitrogen and oxygen atoms in total. The maximum atomic E-state index is 12.7. The summed E-state index contributed by atoms with van der Waals surface area (Å²) in [5.74, 6) is 0. The molecule has 8 heteroatoms. The number of aromatic amines is 1. The number of benzene rings is 1. The number of sulfonamides is 1. The zero-order valence-corrected chi connectivity index (χ0v) is 16.8. The lowest BCUT2D eigenvalue weighted by molar-refractivity contribution is -0.0156. The molecule has 0 bridgehead atoms. The van der Waals surface area contributed by atoms with Gasteiger partial charge in [0.05, 0.1) is 17.6 Å². The summed E-state index contributed by atoms with van der Waals surface area (Å²) >= 11 is 0. The number of likely N-dealkylation sites (N-methyl/N-ethyl adjacent to an activating group) is 1. The van der Waals surface area contributed by atoms with Crippen LogP contribution >= 0.6 is 0 Å². The highest BCUT2D eigenvalue weighted by Crippen LogP contribution is 2.30. The van der Waals surface area contributed by atoms with Crippen molar-refractivity contribution >= 4 is 21.1 Å². The lowest BCUT2D eigenvalue weighted by Crippen LogP contribution is -2.45. The minimum Gasteiger partial charge on any atom is -0.374 e. The standard InChI is InChI=1S/C20H24N4O3S/c1-14-11-16(28(25,26)23-12-15-13-24(2)9-10-27-15)3-4-17(14)18-5-7-21-20-19(18)6-8-22-20/h3-8,11,15,23H,9-10,12-13H2,1-2H3,(H,21,22). The highest BCUT2D eigenvalue weighted by Gasteiger charge is 2.22. The largest absolute Gasteiger partial charge is 0.374 e. The monoisotopic (exact) mass is 400 g/mol. The van der Waals surface area contributed by atoms with Crippen LogP contribution < -0.4 is 4.72 Å². The number of ether oxygens (including phenoxy) is 1. The van der Waals surface area contributed by atoms with Gasteiger partial charge in [-0.15, -0.1) is 0 Å². The van der Waals surface area contributed by atoms with Gasteiger partial charge in [0.1, 0.15) is 5.65 Å². The number of fused-ring (bicyclic) bond motifs is 1. The van der Waals surface area contributed by atoms with Gasteiger partial charge < -0.3 is 14.6 Å². The Labute approximate surface area is 164 Å². The van der Waals surface area contributed by atoms with E-state index >= 15 is 0 Å². The number of aryl methyl sites for hydroxylation is 1. The molecule has 0 saturated carbocycles. The van der Waals surface area contributed by atoms with Gasteiger partial charge in [-0.25, -0.2) is 18.1 Å². The summed E-state index contributed by atoms with van der Waals surface area (Å²) < 4.78 is 33.8. The third kappa shape index (κ3) is 3.81. The van der Waals surface area contributed by atoms with E-state index in [0.717, 1.165) is 40.8 Å². The Morgan fingerprint density at radius 3 is 2.93 bits per heavy atom. The fourth-order valence-electron chi connectivity index (χ4n) is 3.58. The van der Waals surface area contributed by atoms with Crippen LogP contribution in [0.4, 0.5) is 0 Å². The molecule has 0 aliphatic carbocycles. The summed E-state index contributed by atoms with van der Waals surface area (Å²) in [7, 11) is -1.59. The number of pyridine rings is 1. The van der Waals surface area contributed by atoms with Gasteiger partial charge in [0.15, 0.2) is 0 Å². The molecule has 1 atom stereocenters. The molecule has 0 amide bonds. The first-order chi connectivity index (χ1) is 13.4. The first-order valence-corrected chi connectivity index (χ1v) is 10.8. The van der Waals surface area contributed by atoms with Gasteiger partial charge in [0.2, 0.25) is 10.0 Å². The lowest BCUT2D eigenvalue weighted by atomic mass is 9.99. The molecule has 2 N–H and O–H groups in total. The van der Waals surface area contributed by atoms with E-state index in [2.05, 4.69) is 19.6 Å². The topological polar surface area (TPSA) is 87.3 Å². The van der Waals surface area contributed by atoms with Crippen LogP contribution in [0.25, 0.3) is 22.2 Å². The quantitative estimate of drug-likeness (QED) is 0.685. The molecule has 148 valence electrons. The van der Waals surface area contributed by atoms with Crippen LogP contribution in [-0.2, 0) is 14.8 Å². The van der Waals surface area contributed by atoms with Crippen LogP contribution in [0, 0.1) is 6.92 Å². The Hall–Kier alpha value is -2.26. The average molecular weight is 401 g/mol. The minimum absolute atomic E-state index is 0.132. The predicted molar refractivity (Wildman–Crippen MR) is 109 cm³/mol. The number of nitrogens with zero attached hydrogens (tertiary/aromatic N) is 2. The molecule has 28 heavy (non-hydrogen) atoms. The summed E-state index contributed by atoms with van der Waals surface area (Å²) in [5, 5.41) is 1.01. The molecule has 3 heterocycles. The van der Waals surface area contributed by atoms with Gasteiger partial charge in [-0.3, -0.25) is 0 Å². The Morgan fingerprint density at radius 1 is 1.29 bits per heavy atom. The maximum Gasteiger partial charge on any atom is 0.240 e. The highest BCUT2D eigenvalue weighted by atomic mass is 32.2. The number of morpholine rings is 1. The van der Waals surface area contributed by atoms with Crippen molar-refractivity contribution in [2.24, 2.45) is 0 Å². The zero-order chi connectivity index (χ0) is 19.7. The first kappa shape index (κ1) is 19.1. The summed E-state index contributed by atoms with van der Waals surface area (Å²) in [4.78, 5) is 9.81. The van der Waals surface area contributed by atoms with Crippen molar-refractivity contribution in [1.29, 1.82) is 0 Å². The van der Waals surface area contributed by atoms with Crippen LogP contribution in [0.15, 0.2) is 47.6 Å². The fraction of sp³-hybridized carbons (Fsp3) is 0.350. The van der Waals surface area contributed by atoms with Crippen molar-refractivity contribution in [3.8, 4) is 11.1 Å². The van der Waals surface area contributed by atoms with Crippen molar-refractivity contribution in [2.45, 2.75) is 17.9 Å². The number of nitrogens with one attached hydrogen (secondary N) is 2. The normalized spacial score (nSPS) is 18.6. The SMILES string of the molecule is Cc1cc(S(=O)(=O)NCC2CN(C)CCO2)ccc1-c1ccnc2[nH]ccc12. The van der Waals surface area contributed by atoms with Crippen molar-refractivity contribution < 1.29 is 13.2 Å². The number of rotatable bonds is 5.